The van der Waals surface area contributed by atoms with Gasteiger partial charge in [-0.2, -0.15) is 0 Å². The van der Waals surface area contributed by atoms with Gasteiger partial charge in [0.1, 0.15) is 12.7 Å². The summed E-state index contributed by atoms with van der Waals surface area (Å²) in [6.45, 7) is 4.38. The largest absolute Gasteiger partial charge is 0.472 e. The highest BCUT2D eigenvalue weighted by Gasteiger charge is 2.28. The molecular weight excluding hydrogens is 1020 g/mol. The van der Waals surface area contributed by atoms with Gasteiger partial charge in [-0.05, 0) is 103 Å². The third kappa shape index (κ3) is 58.8. The van der Waals surface area contributed by atoms with E-state index in [1.807, 2.05) is 0 Å². The average molecular weight is 1140 g/mol. The molecule has 0 rings (SSSR count). The number of esters is 3. The maximum Gasteiger partial charge on any atom is 0.472 e. The minimum absolute atomic E-state index is 0.118. The van der Waals surface area contributed by atoms with Crippen molar-refractivity contribution in [1.82, 2.24) is 0 Å². The Morgan fingerprint density at radius 2 is 0.650 bits per heavy atom. The first-order valence-electron chi connectivity index (χ1n) is 31.8. The lowest BCUT2D eigenvalue weighted by molar-refractivity contribution is -0.161. The highest BCUT2D eigenvalue weighted by molar-refractivity contribution is 7.47. The Labute approximate surface area is 488 Å². The molecule has 0 bridgehead atoms. The second-order valence-electron chi connectivity index (χ2n) is 20.8. The molecule has 0 radical (unpaired) electrons. The number of unbranched alkanes of at least 4 members (excludes halogenated alkanes) is 23. The number of phosphoric acid groups is 1. The van der Waals surface area contributed by atoms with E-state index in [2.05, 4.69) is 130 Å². The lowest BCUT2D eigenvalue weighted by atomic mass is 10.0. The number of allylic oxidation sites excluding steroid dienone is 18. The standard InChI is InChI=1S/C68H115O11P/c1-4-7-10-13-16-19-22-25-28-31-32-35-38-41-44-47-50-53-56-59-68(72)79-65(61-75-66(70)57-54-51-48-45-42-39-36-33-29-26-23-20-17-14-11-8-5-2)63-77-80(73,74)76-62-64(60-69)78-67(71)58-55-52-49-46-43-40-37-34-30-27-24-21-18-15-12-9-6-3/h7-8,10-11,16-17,19-20,25-26,28-29,32,35-36,39,41,44,64-65,69H,4-6,9,12-15,18,21-24,27,30-31,33-34,37-38,40,42-43,45-63H2,1-3H3,(H,73,74)/b10-7-,11-8-,19-16-,20-17-,28-25-,29-26-,35-32-,39-36-,44-41-. The van der Waals surface area contributed by atoms with Gasteiger partial charge in [0.2, 0.25) is 0 Å². The van der Waals surface area contributed by atoms with E-state index >= 15 is 0 Å². The van der Waals surface area contributed by atoms with Crippen LogP contribution in [-0.4, -0.2) is 66.5 Å². The van der Waals surface area contributed by atoms with Crippen molar-refractivity contribution in [2.75, 3.05) is 26.4 Å². The van der Waals surface area contributed by atoms with Crippen LogP contribution in [0.3, 0.4) is 0 Å². The SMILES string of the molecule is CC/C=C\C/C=C\C/C=C\C/C=C\C/C=C\CCCCCC(=O)OC(COC(=O)CCCCCC/C=C\C/C=C\C/C=C\C/C=C\CC)COP(=O)(O)OCC(CO)OC(=O)CCCCCCCCCCCCCCCCCCC. The molecule has 0 heterocycles. The summed E-state index contributed by atoms with van der Waals surface area (Å²) in [6.07, 6.45) is 74.7. The summed E-state index contributed by atoms with van der Waals surface area (Å²) in [4.78, 5) is 48.7. The van der Waals surface area contributed by atoms with Crippen molar-refractivity contribution < 1.29 is 52.2 Å². The van der Waals surface area contributed by atoms with Crippen molar-refractivity contribution in [2.45, 2.75) is 277 Å². The first-order chi connectivity index (χ1) is 39.2. The van der Waals surface area contributed by atoms with Crippen molar-refractivity contribution in [1.29, 1.82) is 0 Å². The van der Waals surface area contributed by atoms with Crippen LogP contribution in [0.4, 0.5) is 0 Å². The summed E-state index contributed by atoms with van der Waals surface area (Å²) < 4.78 is 39.6. The number of aliphatic hydroxyl groups is 1. The van der Waals surface area contributed by atoms with Crippen molar-refractivity contribution in [3.05, 3.63) is 109 Å². The van der Waals surface area contributed by atoms with Gasteiger partial charge in [0.25, 0.3) is 0 Å². The van der Waals surface area contributed by atoms with Gasteiger partial charge in [-0.15, -0.1) is 0 Å². The Hall–Kier alpha value is -3.86. The minimum atomic E-state index is -4.77. The topological polar surface area (TPSA) is 155 Å². The Bertz CT molecular complexity index is 1760. The Morgan fingerprint density at radius 3 is 1.01 bits per heavy atom. The molecule has 3 atom stereocenters. The van der Waals surface area contributed by atoms with Crippen LogP contribution in [0.2, 0.25) is 0 Å². The maximum atomic E-state index is 13.0. The molecule has 0 aromatic rings. The zero-order valence-corrected chi connectivity index (χ0v) is 51.7. The molecule has 458 valence electrons. The van der Waals surface area contributed by atoms with Crippen molar-refractivity contribution in [3.8, 4) is 0 Å². The predicted octanol–water partition coefficient (Wildman–Crippen LogP) is 19.4. The second-order valence-corrected chi connectivity index (χ2v) is 22.3. The molecule has 0 spiro atoms. The molecule has 0 aliphatic carbocycles. The van der Waals surface area contributed by atoms with E-state index < -0.39 is 57.8 Å². The van der Waals surface area contributed by atoms with Crippen molar-refractivity contribution in [2.24, 2.45) is 0 Å². The second kappa shape index (κ2) is 61.2. The third-order valence-electron chi connectivity index (χ3n) is 13.2. The molecule has 80 heavy (non-hydrogen) atoms. The molecule has 0 saturated carbocycles. The van der Waals surface area contributed by atoms with Gasteiger partial charge in [0.05, 0.1) is 19.8 Å². The van der Waals surface area contributed by atoms with Crippen molar-refractivity contribution in [3.63, 3.8) is 0 Å². The zero-order valence-electron chi connectivity index (χ0n) is 50.8. The number of phosphoric ester groups is 1. The summed E-state index contributed by atoms with van der Waals surface area (Å²) in [7, 11) is -4.77. The summed E-state index contributed by atoms with van der Waals surface area (Å²) >= 11 is 0. The van der Waals surface area contributed by atoms with Crippen LogP contribution >= 0.6 is 7.82 Å². The van der Waals surface area contributed by atoms with E-state index in [4.69, 9.17) is 23.3 Å². The molecule has 0 aromatic heterocycles. The molecule has 0 aromatic carbocycles. The van der Waals surface area contributed by atoms with Crippen LogP contribution in [0.1, 0.15) is 265 Å². The molecule has 2 N–H and O–H groups in total. The highest BCUT2D eigenvalue weighted by Crippen LogP contribution is 2.43. The summed E-state index contributed by atoms with van der Waals surface area (Å²) in [5.74, 6) is -1.53. The van der Waals surface area contributed by atoms with Gasteiger partial charge in [0, 0.05) is 19.3 Å². The fraction of sp³-hybridized carbons (Fsp3) is 0.691. The molecule has 0 aliphatic heterocycles. The normalized spacial score (nSPS) is 14.0. The van der Waals surface area contributed by atoms with Crippen LogP contribution in [0.15, 0.2) is 109 Å². The van der Waals surface area contributed by atoms with E-state index in [9.17, 15) is 28.9 Å². The van der Waals surface area contributed by atoms with Crippen LogP contribution in [-0.2, 0) is 42.2 Å². The number of hydrogen-bond donors (Lipinski definition) is 2. The molecule has 11 nitrogen and oxygen atoms in total. The summed E-state index contributed by atoms with van der Waals surface area (Å²) in [6, 6.07) is 0. The lowest BCUT2D eigenvalue weighted by Gasteiger charge is -2.21. The molecule has 0 saturated heterocycles. The van der Waals surface area contributed by atoms with Gasteiger partial charge >= 0.3 is 25.7 Å². The maximum absolute atomic E-state index is 13.0. The van der Waals surface area contributed by atoms with E-state index in [-0.39, 0.29) is 25.9 Å². The van der Waals surface area contributed by atoms with Gasteiger partial charge in [-0.1, -0.05) is 252 Å². The smallest absolute Gasteiger partial charge is 0.462 e. The number of rotatable bonds is 58. The highest BCUT2D eigenvalue weighted by atomic mass is 31.2. The van der Waals surface area contributed by atoms with Gasteiger partial charge < -0.3 is 24.2 Å². The van der Waals surface area contributed by atoms with Crippen LogP contribution < -0.4 is 0 Å². The molecule has 0 aliphatic rings. The van der Waals surface area contributed by atoms with Crippen molar-refractivity contribution >= 4 is 25.7 Å². The monoisotopic (exact) mass is 1140 g/mol. The number of hydrogen-bond acceptors (Lipinski definition) is 10. The van der Waals surface area contributed by atoms with Gasteiger partial charge in [-0.25, -0.2) is 4.57 Å². The van der Waals surface area contributed by atoms with Crippen LogP contribution in [0, 0.1) is 0 Å². The fourth-order valence-corrected chi connectivity index (χ4v) is 9.22. The predicted molar refractivity (Wildman–Crippen MR) is 334 cm³/mol. The molecule has 3 unspecified atom stereocenters. The third-order valence-corrected chi connectivity index (χ3v) is 14.1. The number of ether oxygens (including phenoxy) is 3. The summed E-state index contributed by atoms with van der Waals surface area (Å²) in [5.41, 5.74) is 0. The molecule has 12 heteroatoms. The Kier molecular flexibility index (Phi) is 58.3. The van der Waals surface area contributed by atoms with Crippen LogP contribution in [0.25, 0.3) is 0 Å². The number of carbonyl (C=O) groups is 3. The average Bonchev–Trinajstić information content (AvgIpc) is 3.45. The van der Waals surface area contributed by atoms with Gasteiger partial charge in [0.15, 0.2) is 6.10 Å². The molecular formula is C68H115O11P. The van der Waals surface area contributed by atoms with E-state index in [0.29, 0.717) is 19.3 Å². The first kappa shape index (κ1) is 76.1. The first-order valence-corrected chi connectivity index (χ1v) is 33.3. The molecule has 0 fully saturated rings. The quantitative estimate of drug-likeness (QED) is 0.0197. The lowest BCUT2D eigenvalue weighted by Crippen LogP contribution is -2.30. The minimum Gasteiger partial charge on any atom is -0.462 e. The number of aliphatic hydroxyl groups excluding tert-OH is 1. The van der Waals surface area contributed by atoms with Gasteiger partial charge in [-0.3, -0.25) is 23.4 Å². The zero-order chi connectivity index (χ0) is 58.3. The Morgan fingerprint density at radius 1 is 0.362 bits per heavy atom. The van der Waals surface area contributed by atoms with E-state index in [1.54, 1.807) is 0 Å². The Balaban J connectivity index is 4.79. The fourth-order valence-electron chi connectivity index (χ4n) is 8.43. The van der Waals surface area contributed by atoms with Crippen LogP contribution in [0.5, 0.6) is 0 Å². The number of carbonyl (C=O) groups excluding carboxylic acids is 3. The van der Waals surface area contributed by atoms with E-state index in [0.717, 1.165) is 122 Å². The summed E-state index contributed by atoms with van der Waals surface area (Å²) in [5, 5.41) is 9.86. The molecule has 0 amide bonds. The van der Waals surface area contributed by atoms with E-state index in [1.165, 1.54) is 83.5 Å².